The summed E-state index contributed by atoms with van der Waals surface area (Å²) in [5.74, 6) is 0.981. The molecule has 1 aromatic heterocycles. The van der Waals surface area contributed by atoms with Crippen LogP contribution in [0.5, 0.6) is 0 Å². The van der Waals surface area contributed by atoms with Gasteiger partial charge in [-0.1, -0.05) is 25.1 Å². The first-order valence-electron chi connectivity index (χ1n) is 8.39. The molecule has 0 bridgehead atoms. The van der Waals surface area contributed by atoms with E-state index >= 15 is 0 Å². The van der Waals surface area contributed by atoms with Gasteiger partial charge in [0.2, 0.25) is 5.82 Å². The SMILES string of the molecule is CCc1nc(C(=O)N2CC(NC3COC3)C2)nn1-c1ccccc1. The zero-order valence-corrected chi connectivity index (χ0v) is 13.7. The average molecular weight is 327 g/mol. The van der Waals surface area contributed by atoms with Gasteiger partial charge in [0, 0.05) is 25.6 Å². The number of likely N-dealkylation sites (tertiary alicyclic amines) is 1. The second-order valence-corrected chi connectivity index (χ2v) is 6.26. The normalized spacial score (nSPS) is 18.3. The summed E-state index contributed by atoms with van der Waals surface area (Å²) >= 11 is 0. The molecule has 7 nitrogen and oxygen atoms in total. The lowest BCUT2D eigenvalue weighted by Crippen LogP contribution is -2.64. The molecule has 2 saturated heterocycles. The predicted octanol–water partition coefficient (Wildman–Crippen LogP) is 0.643. The zero-order valence-electron chi connectivity index (χ0n) is 13.7. The van der Waals surface area contributed by atoms with E-state index in [1.807, 2.05) is 37.3 Å². The minimum Gasteiger partial charge on any atom is -0.378 e. The number of hydrogen-bond acceptors (Lipinski definition) is 5. The van der Waals surface area contributed by atoms with Gasteiger partial charge in [-0.3, -0.25) is 4.79 Å². The molecule has 126 valence electrons. The van der Waals surface area contributed by atoms with Gasteiger partial charge in [-0.2, -0.15) is 0 Å². The Morgan fingerprint density at radius 1 is 1.25 bits per heavy atom. The van der Waals surface area contributed by atoms with Crippen molar-refractivity contribution in [1.29, 1.82) is 0 Å². The molecule has 0 atom stereocenters. The fourth-order valence-electron chi connectivity index (χ4n) is 3.00. The minimum atomic E-state index is -0.0951. The minimum absolute atomic E-state index is 0.0951. The van der Waals surface area contributed by atoms with Gasteiger partial charge in [0.15, 0.2) is 0 Å². The van der Waals surface area contributed by atoms with Crippen molar-refractivity contribution in [3.05, 3.63) is 42.0 Å². The standard InChI is InChI=1S/C17H21N5O2/c1-2-15-19-16(20-22(15)14-6-4-3-5-7-14)17(23)21-8-12(9-21)18-13-10-24-11-13/h3-7,12-13,18H,2,8-11H2,1H3. The Morgan fingerprint density at radius 2 is 2.00 bits per heavy atom. The lowest BCUT2D eigenvalue weighted by molar-refractivity contribution is -0.0211. The molecule has 0 aliphatic carbocycles. The van der Waals surface area contributed by atoms with Crippen LogP contribution in [0.25, 0.3) is 5.69 Å². The number of nitrogens with zero attached hydrogens (tertiary/aromatic N) is 4. The van der Waals surface area contributed by atoms with E-state index in [2.05, 4.69) is 15.4 Å². The number of amides is 1. The van der Waals surface area contributed by atoms with E-state index in [0.29, 0.717) is 25.2 Å². The van der Waals surface area contributed by atoms with Crippen LogP contribution < -0.4 is 5.32 Å². The molecule has 2 fully saturated rings. The topological polar surface area (TPSA) is 72.3 Å². The number of aromatic nitrogens is 3. The van der Waals surface area contributed by atoms with Crippen molar-refractivity contribution in [2.24, 2.45) is 0 Å². The molecule has 1 amide bonds. The maximum absolute atomic E-state index is 12.6. The van der Waals surface area contributed by atoms with Crippen LogP contribution >= 0.6 is 0 Å². The lowest BCUT2D eigenvalue weighted by Gasteiger charge is -2.42. The molecule has 0 unspecified atom stereocenters. The van der Waals surface area contributed by atoms with Gasteiger partial charge >= 0.3 is 0 Å². The highest BCUT2D eigenvalue weighted by Crippen LogP contribution is 2.16. The molecule has 4 rings (SSSR count). The Balaban J connectivity index is 1.44. The Bertz CT molecular complexity index is 720. The summed E-state index contributed by atoms with van der Waals surface area (Å²) in [5.41, 5.74) is 0.925. The van der Waals surface area contributed by atoms with Gasteiger partial charge in [0.05, 0.1) is 24.9 Å². The Labute approximate surface area is 140 Å². The molecule has 3 heterocycles. The quantitative estimate of drug-likeness (QED) is 0.873. The summed E-state index contributed by atoms with van der Waals surface area (Å²) in [6, 6.07) is 10.6. The first kappa shape index (κ1) is 15.3. The van der Waals surface area contributed by atoms with Crippen LogP contribution in [0.2, 0.25) is 0 Å². The van der Waals surface area contributed by atoms with Gasteiger partial charge in [-0.25, -0.2) is 9.67 Å². The first-order valence-corrected chi connectivity index (χ1v) is 8.39. The summed E-state index contributed by atoms with van der Waals surface area (Å²) in [5, 5.41) is 7.92. The van der Waals surface area contributed by atoms with Crippen LogP contribution in [0.3, 0.4) is 0 Å². The second kappa shape index (κ2) is 6.33. The number of nitrogens with one attached hydrogen (secondary N) is 1. The molecular formula is C17H21N5O2. The van der Waals surface area contributed by atoms with Gasteiger partial charge in [-0.15, -0.1) is 5.10 Å². The number of hydrogen-bond donors (Lipinski definition) is 1. The maximum Gasteiger partial charge on any atom is 0.293 e. The van der Waals surface area contributed by atoms with Crippen LogP contribution in [0.15, 0.2) is 30.3 Å². The number of benzene rings is 1. The second-order valence-electron chi connectivity index (χ2n) is 6.26. The van der Waals surface area contributed by atoms with E-state index in [1.54, 1.807) is 9.58 Å². The Kier molecular flexibility index (Phi) is 4.03. The van der Waals surface area contributed by atoms with Crippen LogP contribution in [0.4, 0.5) is 0 Å². The average Bonchev–Trinajstić information content (AvgIpc) is 2.96. The summed E-state index contributed by atoms with van der Waals surface area (Å²) in [6.07, 6.45) is 0.723. The highest BCUT2D eigenvalue weighted by molar-refractivity contribution is 5.91. The fourth-order valence-corrected chi connectivity index (χ4v) is 3.00. The van der Waals surface area contributed by atoms with E-state index in [0.717, 1.165) is 31.1 Å². The molecule has 2 aliphatic heterocycles. The zero-order chi connectivity index (χ0) is 16.5. The summed E-state index contributed by atoms with van der Waals surface area (Å²) in [4.78, 5) is 18.8. The number of para-hydroxylation sites is 1. The van der Waals surface area contributed by atoms with E-state index in [1.165, 1.54) is 0 Å². The van der Waals surface area contributed by atoms with Gasteiger partial charge in [-0.05, 0) is 12.1 Å². The van der Waals surface area contributed by atoms with Crippen LogP contribution in [-0.4, -0.2) is 64.0 Å². The summed E-state index contributed by atoms with van der Waals surface area (Å²) in [6.45, 7) is 4.97. The van der Waals surface area contributed by atoms with Gasteiger partial charge in [0.1, 0.15) is 5.82 Å². The Morgan fingerprint density at radius 3 is 2.62 bits per heavy atom. The molecule has 2 aromatic rings. The smallest absolute Gasteiger partial charge is 0.293 e. The third kappa shape index (κ3) is 2.81. The number of aryl methyl sites for hydroxylation is 1. The van der Waals surface area contributed by atoms with Crippen molar-refractivity contribution in [3.63, 3.8) is 0 Å². The molecule has 0 radical (unpaired) electrons. The molecule has 0 saturated carbocycles. The molecule has 7 heteroatoms. The monoisotopic (exact) mass is 327 g/mol. The van der Waals surface area contributed by atoms with Gasteiger partial charge in [0.25, 0.3) is 5.91 Å². The highest BCUT2D eigenvalue weighted by atomic mass is 16.5. The largest absolute Gasteiger partial charge is 0.378 e. The van der Waals surface area contributed by atoms with Crippen LogP contribution in [0, 0.1) is 0 Å². The summed E-state index contributed by atoms with van der Waals surface area (Å²) in [7, 11) is 0. The van der Waals surface area contributed by atoms with Crippen molar-refractivity contribution >= 4 is 5.91 Å². The molecule has 24 heavy (non-hydrogen) atoms. The molecule has 1 aromatic carbocycles. The van der Waals surface area contributed by atoms with Crippen molar-refractivity contribution in [2.45, 2.75) is 25.4 Å². The van der Waals surface area contributed by atoms with E-state index in [9.17, 15) is 4.79 Å². The molecule has 2 aliphatic rings. The number of rotatable bonds is 5. The van der Waals surface area contributed by atoms with Crippen molar-refractivity contribution < 1.29 is 9.53 Å². The van der Waals surface area contributed by atoms with Crippen molar-refractivity contribution in [1.82, 2.24) is 25.0 Å². The molecule has 0 spiro atoms. The van der Waals surface area contributed by atoms with Gasteiger partial charge < -0.3 is 15.0 Å². The molecular weight excluding hydrogens is 306 g/mol. The van der Waals surface area contributed by atoms with Crippen LogP contribution in [-0.2, 0) is 11.2 Å². The lowest BCUT2D eigenvalue weighted by atomic mass is 10.1. The first-order chi connectivity index (χ1) is 11.7. The van der Waals surface area contributed by atoms with Crippen molar-refractivity contribution in [3.8, 4) is 5.69 Å². The number of ether oxygens (including phenoxy) is 1. The number of carbonyl (C=O) groups is 1. The highest BCUT2D eigenvalue weighted by Gasteiger charge is 2.35. The fraction of sp³-hybridized carbons (Fsp3) is 0.471. The predicted molar refractivity (Wildman–Crippen MR) is 88.2 cm³/mol. The third-order valence-electron chi connectivity index (χ3n) is 4.46. The maximum atomic E-state index is 12.6. The van der Waals surface area contributed by atoms with Crippen molar-refractivity contribution in [2.75, 3.05) is 26.3 Å². The molecule has 1 N–H and O–H groups in total. The van der Waals surface area contributed by atoms with Crippen LogP contribution in [0.1, 0.15) is 23.4 Å². The number of carbonyl (C=O) groups excluding carboxylic acids is 1. The van der Waals surface area contributed by atoms with E-state index < -0.39 is 0 Å². The summed E-state index contributed by atoms with van der Waals surface area (Å²) < 4.78 is 6.91. The van der Waals surface area contributed by atoms with E-state index in [4.69, 9.17) is 4.74 Å². The Hall–Kier alpha value is -2.25. The van der Waals surface area contributed by atoms with E-state index in [-0.39, 0.29) is 11.7 Å². The third-order valence-corrected chi connectivity index (χ3v) is 4.46.